The lowest BCUT2D eigenvalue weighted by Crippen LogP contribution is -2.09. The van der Waals surface area contributed by atoms with Crippen molar-refractivity contribution in [3.8, 4) is 5.75 Å². The molecule has 2 rings (SSSR count). The van der Waals surface area contributed by atoms with Gasteiger partial charge < -0.3 is 14.4 Å². The van der Waals surface area contributed by atoms with Crippen LogP contribution in [0.5, 0.6) is 5.75 Å². The molecule has 0 aliphatic heterocycles. The molecular weight excluding hydrogens is 194 g/mol. The Morgan fingerprint density at radius 2 is 2.27 bits per heavy atom. The Labute approximate surface area is 86.7 Å². The van der Waals surface area contributed by atoms with Gasteiger partial charge in [-0.1, -0.05) is 6.07 Å². The maximum absolute atomic E-state index is 10.4. The van der Waals surface area contributed by atoms with Crippen LogP contribution in [0.2, 0.25) is 0 Å². The summed E-state index contributed by atoms with van der Waals surface area (Å²) in [6, 6.07) is 7.49. The minimum absolute atomic E-state index is 0.312. The third-order valence-electron chi connectivity index (χ3n) is 2.24. The summed E-state index contributed by atoms with van der Waals surface area (Å²) in [6.45, 7) is -0.312. The third-order valence-corrected chi connectivity index (χ3v) is 2.24. The molecule has 1 N–H and O–H groups in total. The molecule has 0 unspecified atom stereocenters. The molecule has 4 nitrogen and oxygen atoms in total. The zero-order valence-corrected chi connectivity index (χ0v) is 8.30. The monoisotopic (exact) mass is 205 g/mol. The van der Waals surface area contributed by atoms with E-state index in [2.05, 4.69) is 0 Å². The summed E-state index contributed by atoms with van der Waals surface area (Å²) in [4.78, 5) is 10.4. The highest BCUT2D eigenvalue weighted by atomic mass is 16.5. The van der Waals surface area contributed by atoms with Crippen molar-refractivity contribution in [2.24, 2.45) is 7.05 Å². The van der Waals surface area contributed by atoms with Crippen LogP contribution >= 0.6 is 0 Å². The van der Waals surface area contributed by atoms with Crippen LogP contribution in [-0.4, -0.2) is 22.2 Å². The molecule has 0 aliphatic rings. The van der Waals surface area contributed by atoms with Gasteiger partial charge >= 0.3 is 5.97 Å². The Bertz CT molecular complexity index is 502. The van der Waals surface area contributed by atoms with Gasteiger partial charge in [0, 0.05) is 18.6 Å². The predicted octanol–water partition coefficient (Wildman–Crippen LogP) is 1.64. The molecule has 0 atom stereocenters. The molecule has 0 saturated heterocycles. The highest BCUT2D eigenvalue weighted by Crippen LogP contribution is 2.25. The first-order valence-electron chi connectivity index (χ1n) is 4.57. The number of hydrogen-bond donors (Lipinski definition) is 1. The van der Waals surface area contributed by atoms with Crippen LogP contribution in [0.15, 0.2) is 30.5 Å². The van der Waals surface area contributed by atoms with E-state index in [9.17, 15) is 4.79 Å². The summed E-state index contributed by atoms with van der Waals surface area (Å²) in [5, 5.41) is 9.45. The molecule has 4 heteroatoms. The first kappa shape index (κ1) is 9.58. The van der Waals surface area contributed by atoms with Crippen LogP contribution in [0.1, 0.15) is 0 Å². The maximum Gasteiger partial charge on any atom is 0.341 e. The van der Waals surface area contributed by atoms with Crippen molar-refractivity contribution < 1.29 is 14.6 Å². The second-order valence-electron chi connectivity index (χ2n) is 3.30. The van der Waals surface area contributed by atoms with Crippen molar-refractivity contribution >= 4 is 16.9 Å². The van der Waals surface area contributed by atoms with Gasteiger partial charge in [0.1, 0.15) is 5.75 Å². The number of fused-ring (bicyclic) bond motifs is 1. The molecule has 0 fully saturated rings. The standard InChI is InChI=1S/C11H11NO3/c1-12-6-5-8-9(12)3-2-4-10(8)15-7-11(13)14/h2-6H,7H2,1H3,(H,13,14). The summed E-state index contributed by atoms with van der Waals surface area (Å²) < 4.78 is 7.14. The second kappa shape index (κ2) is 3.65. The van der Waals surface area contributed by atoms with Gasteiger partial charge in [-0.2, -0.15) is 0 Å². The van der Waals surface area contributed by atoms with Crippen LogP contribution in [0.4, 0.5) is 0 Å². The highest BCUT2D eigenvalue weighted by Gasteiger charge is 2.05. The molecule has 1 aromatic heterocycles. The Morgan fingerprint density at radius 3 is 3.00 bits per heavy atom. The molecule has 1 heterocycles. The van der Waals surface area contributed by atoms with E-state index in [1.165, 1.54) is 0 Å². The predicted molar refractivity (Wildman–Crippen MR) is 56.0 cm³/mol. The third kappa shape index (κ3) is 1.79. The van der Waals surface area contributed by atoms with E-state index in [4.69, 9.17) is 9.84 Å². The molecule has 0 radical (unpaired) electrons. The van der Waals surface area contributed by atoms with Crippen LogP contribution in [0.25, 0.3) is 10.9 Å². The normalized spacial score (nSPS) is 10.5. The first-order valence-corrected chi connectivity index (χ1v) is 4.57. The van der Waals surface area contributed by atoms with Gasteiger partial charge in [-0.25, -0.2) is 4.79 Å². The van der Waals surface area contributed by atoms with Crippen LogP contribution in [-0.2, 0) is 11.8 Å². The van der Waals surface area contributed by atoms with Crippen molar-refractivity contribution in [1.82, 2.24) is 4.57 Å². The lowest BCUT2D eigenvalue weighted by molar-refractivity contribution is -0.139. The fourth-order valence-electron chi connectivity index (χ4n) is 1.54. The number of hydrogen-bond acceptors (Lipinski definition) is 2. The maximum atomic E-state index is 10.4. The summed E-state index contributed by atoms with van der Waals surface area (Å²) in [7, 11) is 1.93. The Hall–Kier alpha value is -1.97. The zero-order chi connectivity index (χ0) is 10.8. The Morgan fingerprint density at radius 1 is 1.47 bits per heavy atom. The number of carbonyl (C=O) groups is 1. The van der Waals surface area contributed by atoms with Crippen LogP contribution in [0, 0.1) is 0 Å². The highest BCUT2D eigenvalue weighted by molar-refractivity contribution is 5.86. The topological polar surface area (TPSA) is 51.5 Å². The smallest absolute Gasteiger partial charge is 0.341 e. The molecule has 0 saturated carbocycles. The minimum Gasteiger partial charge on any atom is -0.481 e. The number of aryl methyl sites for hydroxylation is 1. The number of carboxylic acid groups (broad SMARTS) is 1. The minimum atomic E-state index is -0.970. The van der Waals surface area contributed by atoms with E-state index in [0.29, 0.717) is 5.75 Å². The molecule has 0 aliphatic carbocycles. The summed E-state index contributed by atoms with van der Waals surface area (Å²) >= 11 is 0. The van der Waals surface area contributed by atoms with Crippen LogP contribution in [0.3, 0.4) is 0 Å². The van der Waals surface area contributed by atoms with Gasteiger partial charge in [0.05, 0.1) is 5.52 Å². The summed E-state index contributed by atoms with van der Waals surface area (Å²) in [5.74, 6) is -0.363. The van der Waals surface area contributed by atoms with E-state index >= 15 is 0 Å². The van der Waals surface area contributed by atoms with Crippen molar-refractivity contribution in [2.75, 3.05) is 6.61 Å². The number of carboxylic acids is 1. The lowest BCUT2D eigenvalue weighted by atomic mass is 10.2. The van der Waals surface area contributed by atoms with Crippen molar-refractivity contribution in [3.63, 3.8) is 0 Å². The van der Waals surface area contributed by atoms with Crippen molar-refractivity contribution in [1.29, 1.82) is 0 Å². The number of aromatic nitrogens is 1. The molecule has 78 valence electrons. The van der Waals surface area contributed by atoms with E-state index < -0.39 is 5.97 Å². The number of nitrogens with zero attached hydrogens (tertiary/aromatic N) is 1. The quantitative estimate of drug-likeness (QED) is 0.828. The van der Waals surface area contributed by atoms with Crippen molar-refractivity contribution in [3.05, 3.63) is 30.5 Å². The Kier molecular flexibility index (Phi) is 2.33. The summed E-state index contributed by atoms with van der Waals surface area (Å²) in [5.41, 5.74) is 1.03. The molecular formula is C11H11NO3. The largest absolute Gasteiger partial charge is 0.481 e. The molecule has 2 aromatic rings. The molecule has 0 spiro atoms. The number of ether oxygens (including phenoxy) is 1. The first-order chi connectivity index (χ1) is 7.18. The van der Waals surface area contributed by atoms with Gasteiger partial charge in [-0.3, -0.25) is 0 Å². The van der Waals surface area contributed by atoms with Crippen LogP contribution < -0.4 is 4.74 Å². The summed E-state index contributed by atoms with van der Waals surface area (Å²) in [6.07, 6.45) is 1.91. The molecule has 15 heavy (non-hydrogen) atoms. The van der Waals surface area contributed by atoms with Gasteiger partial charge in [0.25, 0.3) is 0 Å². The molecule has 0 bridgehead atoms. The average molecular weight is 205 g/mol. The molecule has 0 amide bonds. The van der Waals surface area contributed by atoms with E-state index in [0.717, 1.165) is 10.9 Å². The Balaban J connectivity index is 2.38. The van der Waals surface area contributed by atoms with Gasteiger partial charge in [0.15, 0.2) is 6.61 Å². The average Bonchev–Trinajstić information content (AvgIpc) is 2.58. The van der Waals surface area contributed by atoms with Gasteiger partial charge in [0.2, 0.25) is 0 Å². The van der Waals surface area contributed by atoms with Gasteiger partial charge in [-0.05, 0) is 18.2 Å². The second-order valence-corrected chi connectivity index (χ2v) is 3.30. The van der Waals surface area contributed by atoms with E-state index in [-0.39, 0.29) is 6.61 Å². The van der Waals surface area contributed by atoms with E-state index in [1.807, 2.05) is 36.0 Å². The van der Waals surface area contributed by atoms with Crippen molar-refractivity contribution in [2.45, 2.75) is 0 Å². The number of benzene rings is 1. The fraction of sp³-hybridized carbons (Fsp3) is 0.182. The van der Waals surface area contributed by atoms with Gasteiger partial charge in [-0.15, -0.1) is 0 Å². The fourth-order valence-corrected chi connectivity index (χ4v) is 1.54. The zero-order valence-electron chi connectivity index (χ0n) is 8.30. The van der Waals surface area contributed by atoms with E-state index in [1.54, 1.807) is 6.07 Å². The lowest BCUT2D eigenvalue weighted by Gasteiger charge is -2.04. The number of aliphatic carboxylic acids is 1. The SMILES string of the molecule is Cn1ccc2c(OCC(=O)O)cccc21. The molecule has 1 aromatic carbocycles. The number of rotatable bonds is 3.